The van der Waals surface area contributed by atoms with E-state index in [4.69, 9.17) is 25.8 Å². The number of halogens is 1. The highest BCUT2D eigenvalue weighted by Crippen LogP contribution is 2.32. The summed E-state index contributed by atoms with van der Waals surface area (Å²) >= 11 is 6.47. The van der Waals surface area contributed by atoms with Crippen molar-refractivity contribution in [2.24, 2.45) is 0 Å². The van der Waals surface area contributed by atoms with E-state index in [2.05, 4.69) is 28.9 Å². The number of rotatable bonds is 7. The molecule has 0 spiro atoms. The molecule has 184 valence electrons. The lowest BCUT2D eigenvalue weighted by Crippen LogP contribution is -2.38. The number of aryl methyl sites for hydroxylation is 1. The normalized spacial score (nSPS) is 14.1. The lowest BCUT2D eigenvalue weighted by Gasteiger charge is -2.26. The standard InChI is InChI=1S/C29H27ClN2O4/c1-20-6-2-3-7-23(20)22-18-21-10-11-24(30)27(28(21)31-19-22)29(33)36-26-9-5-4-8-25(26)35-17-14-32-12-15-34-16-13-32/h2-11,18-19H,12-17H2,1H3. The fourth-order valence-electron chi connectivity index (χ4n) is 4.33. The number of aromatic nitrogens is 1. The van der Waals surface area contributed by atoms with Gasteiger partial charge in [-0.25, -0.2) is 4.79 Å². The number of pyridine rings is 1. The molecule has 1 aliphatic heterocycles. The molecule has 7 heteroatoms. The van der Waals surface area contributed by atoms with Crippen molar-refractivity contribution in [3.8, 4) is 22.6 Å². The van der Waals surface area contributed by atoms with Crippen LogP contribution in [-0.4, -0.2) is 55.3 Å². The Morgan fingerprint density at radius 1 is 1.03 bits per heavy atom. The summed E-state index contributed by atoms with van der Waals surface area (Å²) in [5.41, 5.74) is 3.94. The number of benzene rings is 3. The third-order valence-corrected chi connectivity index (χ3v) is 6.60. The minimum Gasteiger partial charge on any atom is -0.488 e. The van der Waals surface area contributed by atoms with Crippen molar-refractivity contribution in [3.05, 3.63) is 89.1 Å². The van der Waals surface area contributed by atoms with Crippen LogP contribution in [0.1, 0.15) is 15.9 Å². The third kappa shape index (κ3) is 5.36. The molecule has 0 aliphatic carbocycles. The van der Waals surface area contributed by atoms with Crippen LogP contribution in [0.3, 0.4) is 0 Å². The molecule has 3 aromatic carbocycles. The summed E-state index contributed by atoms with van der Waals surface area (Å²) in [6, 6.07) is 20.9. The number of morpholine rings is 1. The van der Waals surface area contributed by atoms with Gasteiger partial charge in [0.1, 0.15) is 12.2 Å². The first kappa shape index (κ1) is 24.3. The molecule has 0 saturated carbocycles. The summed E-state index contributed by atoms with van der Waals surface area (Å²) < 4.78 is 17.1. The Morgan fingerprint density at radius 2 is 1.78 bits per heavy atom. The maximum absolute atomic E-state index is 13.3. The van der Waals surface area contributed by atoms with Crippen LogP contribution < -0.4 is 9.47 Å². The molecule has 0 N–H and O–H groups in total. The Labute approximate surface area is 215 Å². The molecule has 0 bridgehead atoms. The summed E-state index contributed by atoms with van der Waals surface area (Å²) in [6.07, 6.45) is 1.76. The Kier molecular flexibility index (Phi) is 7.47. The SMILES string of the molecule is Cc1ccccc1-c1cnc2c(C(=O)Oc3ccccc3OCCN3CCOCC3)c(Cl)ccc2c1. The van der Waals surface area contributed by atoms with Crippen LogP contribution in [0.2, 0.25) is 5.02 Å². The van der Waals surface area contributed by atoms with E-state index in [1.807, 2.05) is 30.3 Å². The summed E-state index contributed by atoms with van der Waals surface area (Å²) in [5, 5.41) is 1.09. The maximum atomic E-state index is 13.3. The number of fused-ring (bicyclic) bond motifs is 1. The molecule has 0 amide bonds. The second-order valence-electron chi connectivity index (χ2n) is 8.67. The molecule has 1 aliphatic rings. The van der Waals surface area contributed by atoms with Gasteiger partial charge in [0.25, 0.3) is 0 Å². The monoisotopic (exact) mass is 502 g/mol. The van der Waals surface area contributed by atoms with E-state index in [1.54, 1.807) is 30.5 Å². The Morgan fingerprint density at radius 3 is 2.58 bits per heavy atom. The average Bonchev–Trinajstić information content (AvgIpc) is 2.90. The van der Waals surface area contributed by atoms with Crippen molar-refractivity contribution in [2.45, 2.75) is 6.92 Å². The van der Waals surface area contributed by atoms with Crippen molar-refractivity contribution >= 4 is 28.5 Å². The van der Waals surface area contributed by atoms with E-state index in [9.17, 15) is 4.79 Å². The lowest BCUT2D eigenvalue weighted by atomic mass is 10.00. The molecule has 6 nitrogen and oxygen atoms in total. The molecule has 5 rings (SSSR count). The van der Waals surface area contributed by atoms with Crippen LogP contribution in [0, 0.1) is 6.92 Å². The topological polar surface area (TPSA) is 60.9 Å². The lowest BCUT2D eigenvalue weighted by molar-refractivity contribution is 0.0320. The second-order valence-corrected chi connectivity index (χ2v) is 9.08. The molecule has 0 unspecified atom stereocenters. The van der Waals surface area contributed by atoms with Crippen LogP contribution in [-0.2, 0) is 4.74 Å². The minimum atomic E-state index is -0.578. The molecule has 1 saturated heterocycles. The third-order valence-electron chi connectivity index (χ3n) is 6.28. The first-order valence-corrected chi connectivity index (χ1v) is 12.4. The highest BCUT2D eigenvalue weighted by atomic mass is 35.5. The Balaban J connectivity index is 1.37. The molecular formula is C29H27ClN2O4. The predicted octanol–water partition coefficient (Wildman–Crippen LogP) is 5.79. The molecule has 4 aromatic rings. The number of para-hydroxylation sites is 2. The van der Waals surface area contributed by atoms with Crippen molar-refractivity contribution in [1.29, 1.82) is 0 Å². The fourth-order valence-corrected chi connectivity index (χ4v) is 4.56. The highest BCUT2D eigenvalue weighted by molar-refractivity contribution is 6.35. The van der Waals surface area contributed by atoms with Crippen LogP contribution in [0.15, 0.2) is 72.9 Å². The average molecular weight is 503 g/mol. The zero-order chi connectivity index (χ0) is 24.9. The van der Waals surface area contributed by atoms with Crippen molar-refractivity contribution in [1.82, 2.24) is 9.88 Å². The highest BCUT2D eigenvalue weighted by Gasteiger charge is 2.20. The van der Waals surface area contributed by atoms with Gasteiger partial charge in [0.15, 0.2) is 11.5 Å². The molecular weight excluding hydrogens is 476 g/mol. The quantitative estimate of drug-likeness (QED) is 0.235. The Hall–Kier alpha value is -3.45. The number of nitrogens with zero attached hydrogens (tertiary/aromatic N) is 2. The van der Waals surface area contributed by atoms with Gasteiger partial charge in [-0.15, -0.1) is 0 Å². The maximum Gasteiger partial charge on any atom is 0.347 e. The van der Waals surface area contributed by atoms with E-state index in [-0.39, 0.29) is 10.6 Å². The van der Waals surface area contributed by atoms with Crippen molar-refractivity contribution < 1.29 is 19.0 Å². The van der Waals surface area contributed by atoms with Gasteiger partial charge in [-0.3, -0.25) is 9.88 Å². The predicted molar refractivity (Wildman–Crippen MR) is 141 cm³/mol. The largest absolute Gasteiger partial charge is 0.488 e. The summed E-state index contributed by atoms with van der Waals surface area (Å²) in [6.45, 7) is 6.56. The van der Waals surface area contributed by atoms with Crippen molar-refractivity contribution in [3.63, 3.8) is 0 Å². The second kappa shape index (κ2) is 11.1. The van der Waals surface area contributed by atoms with Crippen LogP contribution in [0.25, 0.3) is 22.0 Å². The van der Waals surface area contributed by atoms with Gasteiger partial charge in [0.05, 0.1) is 23.8 Å². The molecule has 0 radical (unpaired) electrons. The van der Waals surface area contributed by atoms with Crippen molar-refractivity contribution in [2.75, 3.05) is 39.5 Å². The van der Waals surface area contributed by atoms with E-state index in [0.29, 0.717) is 23.6 Å². The van der Waals surface area contributed by atoms with E-state index >= 15 is 0 Å². The van der Waals surface area contributed by atoms with Gasteiger partial charge >= 0.3 is 5.97 Å². The minimum absolute atomic E-state index is 0.230. The Bertz CT molecular complexity index is 1390. The molecule has 2 heterocycles. The van der Waals surface area contributed by atoms with Gasteiger partial charge in [-0.2, -0.15) is 0 Å². The van der Waals surface area contributed by atoms with E-state index < -0.39 is 5.97 Å². The first-order valence-electron chi connectivity index (χ1n) is 12.0. The fraction of sp³-hybridized carbons (Fsp3) is 0.241. The number of carbonyl (C=O) groups excluding carboxylic acids is 1. The zero-order valence-corrected chi connectivity index (χ0v) is 20.8. The number of hydrogen-bond donors (Lipinski definition) is 0. The van der Waals surface area contributed by atoms with Gasteiger partial charge in [0, 0.05) is 36.8 Å². The molecule has 0 atom stereocenters. The van der Waals surface area contributed by atoms with Crippen LogP contribution in [0.4, 0.5) is 0 Å². The number of ether oxygens (including phenoxy) is 3. The summed E-state index contributed by atoms with van der Waals surface area (Å²) in [7, 11) is 0. The summed E-state index contributed by atoms with van der Waals surface area (Å²) in [5.74, 6) is 0.269. The van der Waals surface area contributed by atoms with Gasteiger partial charge in [-0.1, -0.05) is 54.1 Å². The van der Waals surface area contributed by atoms with E-state index in [0.717, 1.165) is 54.9 Å². The van der Waals surface area contributed by atoms with E-state index in [1.165, 1.54) is 0 Å². The molecule has 1 aromatic heterocycles. The van der Waals surface area contributed by atoms with Gasteiger partial charge in [-0.05, 0) is 42.3 Å². The molecule has 36 heavy (non-hydrogen) atoms. The zero-order valence-electron chi connectivity index (χ0n) is 20.1. The number of hydrogen-bond acceptors (Lipinski definition) is 6. The number of carbonyl (C=O) groups is 1. The molecule has 1 fully saturated rings. The van der Waals surface area contributed by atoms with Crippen LogP contribution in [0.5, 0.6) is 11.5 Å². The number of esters is 1. The van der Waals surface area contributed by atoms with Crippen LogP contribution >= 0.6 is 11.6 Å². The first-order chi connectivity index (χ1) is 17.6. The van der Waals surface area contributed by atoms with Gasteiger partial charge < -0.3 is 14.2 Å². The van der Waals surface area contributed by atoms with Gasteiger partial charge in [0.2, 0.25) is 0 Å². The summed E-state index contributed by atoms with van der Waals surface area (Å²) in [4.78, 5) is 20.2. The smallest absolute Gasteiger partial charge is 0.347 e.